The van der Waals surface area contributed by atoms with E-state index in [9.17, 15) is 22.8 Å². The number of hydrogen-bond acceptors (Lipinski definition) is 3. The fourth-order valence-electron chi connectivity index (χ4n) is 2.55. The number of benzene rings is 2. The largest absolute Gasteiger partial charge is 0.573 e. The fraction of sp³-hybridized carbons (Fsp3) is 0.300. The number of carbonyl (C=O) groups excluding carboxylic acids is 2. The Kier molecular flexibility index (Phi) is 7.43. The molecule has 0 aliphatic heterocycles. The summed E-state index contributed by atoms with van der Waals surface area (Å²) in [4.78, 5) is 25.4. The monoisotopic (exact) mass is 394 g/mol. The Balaban J connectivity index is 1.81. The second-order valence-electron chi connectivity index (χ2n) is 6.17. The van der Waals surface area contributed by atoms with Gasteiger partial charge in [-0.05, 0) is 11.6 Å². The molecule has 0 aliphatic carbocycles. The van der Waals surface area contributed by atoms with Crippen molar-refractivity contribution in [2.24, 2.45) is 0 Å². The number of nitrogens with one attached hydrogen (secondary N) is 1. The smallest absolute Gasteiger partial charge is 0.405 e. The van der Waals surface area contributed by atoms with Crippen LogP contribution in [0.2, 0.25) is 0 Å². The molecule has 0 radical (unpaired) electrons. The third kappa shape index (κ3) is 7.30. The van der Waals surface area contributed by atoms with E-state index in [1.54, 1.807) is 6.07 Å². The van der Waals surface area contributed by atoms with Crippen molar-refractivity contribution in [1.82, 2.24) is 10.2 Å². The molecule has 0 saturated heterocycles. The topological polar surface area (TPSA) is 58.6 Å². The summed E-state index contributed by atoms with van der Waals surface area (Å²) in [5.74, 6) is -0.849. The van der Waals surface area contributed by atoms with Crippen LogP contribution in [0.3, 0.4) is 0 Å². The van der Waals surface area contributed by atoms with Gasteiger partial charge in [-0.2, -0.15) is 0 Å². The van der Waals surface area contributed by atoms with Crippen LogP contribution in [0.1, 0.15) is 17.5 Å². The minimum absolute atomic E-state index is 0.0386. The van der Waals surface area contributed by atoms with E-state index in [0.717, 1.165) is 5.56 Å². The van der Waals surface area contributed by atoms with Gasteiger partial charge in [0.15, 0.2) is 0 Å². The summed E-state index contributed by atoms with van der Waals surface area (Å²) in [6, 6.07) is 14.8. The lowest BCUT2D eigenvalue weighted by molar-refractivity contribution is -0.275. The van der Waals surface area contributed by atoms with E-state index in [2.05, 4.69) is 10.1 Å². The highest BCUT2D eigenvalue weighted by molar-refractivity contribution is 5.80. The van der Waals surface area contributed by atoms with Crippen molar-refractivity contribution in [3.05, 3.63) is 65.7 Å². The molecule has 2 aromatic carbocycles. The Bertz CT molecular complexity index is 795. The summed E-state index contributed by atoms with van der Waals surface area (Å²) in [7, 11) is 1.48. The molecule has 0 spiro atoms. The van der Waals surface area contributed by atoms with Crippen LogP contribution < -0.4 is 10.1 Å². The van der Waals surface area contributed by atoms with Crippen LogP contribution in [0.5, 0.6) is 5.75 Å². The van der Waals surface area contributed by atoms with Gasteiger partial charge in [0.2, 0.25) is 11.8 Å². The van der Waals surface area contributed by atoms with Crippen molar-refractivity contribution >= 4 is 11.8 Å². The van der Waals surface area contributed by atoms with Crippen molar-refractivity contribution in [2.75, 3.05) is 13.6 Å². The maximum Gasteiger partial charge on any atom is 0.573 e. The number of hydrogen-bond donors (Lipinski definition) is 1. The molecule has 0 heterocycles. The molecule has 5 nitrogen and oxygen atoms in total. The predicted octanol–water partition coefficient (Wildman–Crippen LogP) is 3.29. The molecule has 0 atom stereocenters. The number of rotatable bonds is 8. The molecule has 0 saturated carbocycles. The lowest BCUT2D eigenvalue weighted by Gasteiger charge is -2.20. The highest BCUT2D eigenvalue weighted by Crippen LogP contribution is 2.27. The zero-order valence-electron chi connectivity index (χ0n) is 15.3. The standard InChI is InChI=1S/C20H21F3N2O3/c1-25(14-16-9-5-6-10-17(16)28-20(21,22)23)19(27)11-12-24-18(26)13-15-7-3-2-4-8-15/h2-10H,11-14H2,1H3,(H,24,26). The molecule has 150 valence electrons. The van der Waals surface area contributed by atoms with Gasteiger partial charge in [0.05, 0.1) is 6.42 Å². The van der Waals surface area contributed by atoms with Crippen molar-refractivity contribution < 1.29 is 27.5 Å². The number of nitrogens with zero attached hydrogens (tertiary/aromatic N) is 1. The van der Waals surface area contributed by atoms with Gasteiger partial charge in [0, 0.05) is 32.1 Å². The van der Waals surface area contributed by atoms with Crippen molar-refractivity contribution in [3.63, 3.8) is 0 Å². The SMILES string of the molecule is CN(Cc1ccccc1OC(F)(F)F)C(=O)CCNC(=O)Cc1ccccc1. The third-order valence-corrected chi connectivity index (χ3v) is 3.90. The van der Waals surface area contributed by atoms with Crippen LogP contribution in [-0.4, -0.2) is 36.7 Å². The first-order valence-corrected chi connectivity index (χ1v) is 8.63. The Morgan fingerprint density at radius 3 is 2.36 bits per heavy atom. The van der Waals surface area contributed by atoms with E-state index >= 15 is 0 Å². The quantitative estimate of drug-likeness (QED) is 0.748. The molecular weight excluding hydrogens is 373 g/mol. The van der Waals surface area contributed by atoms with Crippen LogP contribution in [0.25, 0.3) is 0 Å². The van der Waals surface area contributed by atoms with Gasteiger partial charge in [-0.1, -0.05) is 48.5 Å². The van der Waals surface area contributed by atoms with Gasteiger partial charge in [-0.25, -0.2) is 0 Å². The average molecular weight is 394 g/mol. The minimum atomic E-state index is -4.80. The molecule has 28 heavy (non-hydrogen) atoms. The Morgan fingerprint density at radius 2 is 1.68 bits per heavy atom. The molecule has 2 rings (SSSR count). The molecule has 0 unspecified atom stereocenters. The first-order valence-electron chi connectivity index (χ1n) is 8.63. The van der Waals surface area contributed by atoms with Crippen molar-refractivity contribution in [2.45, 2.75) is 25.7 Å². The summed E-state index contributed by atoms with van der Waals surface area (Å²) in [5, 5.41) is 2.66. The Labute approximate surface area is 161 Å². The molecule has 0 bridgehead atoms. The molecule has 2 aromatic rings. The second kappa shape index (κ2) is 9.77. The highest BCUT2D eigenvalue weighted by atomic mass is 19.4. The first-order chi connectivity index (χ1) is 13.2. The van der Waals surface area contributed by atoms with Gasteiger partial charge in [0.1, 0.15) is 5.75 Å². The average Bonchev–Trinajstić information content (AvgIpc) is 2.63. The Morgan fingerprint density at radius 1 is 1.04 bits per heavy atom. The van der Waals surface area contributed by atoms with Crippen LogP contribution in [-0.2, 0) is 22.6 Å². The normalized spacial score (nSPS) is 11.0. The number of halogens is 3. The number of amides is 2. The number of para-hydroxylation sites is 1. The summed E-state index contributed by atoms with van der Waals surface area (Å²) in [6.45, 7) is 0.110. The summed E-state index contributed by atoms with van der Waals surface area (Å²) < 4.78 is 41.4. The maximum atomic E-state index is 12.5. The summed E-state index contributed by atoms with van der Waals surface area (Å²) >= 11 is 0. The van der Waals surface area contributed by atoms with Crippen LogP contribution >= 0.6 is 0 Å². The molecule has 8 heteroatoms. The lowest BCUT2D eigenvalue weighted by Crippen LogP contribution is -2.32. The van der Waals surface area contributed by atoms with Crippen molar-refractivity contribution in [1.29, 1.82) is 0 Å². The maximum absolute atomic E-state index is 12.5. The molecular formula is C20H21F3N2O3. The molecule has 1 N–H and O–H groups in total. The van der Waals surface area contributed by atoms with E-state index < -0.39 is 6.36 Å². The molecule has 0 aromatic heterocycles. The van der Waals surface area contributed by atoms with Crippen LogP contribution in [0, 0.1) is 0 Å². The van der Waals surface area contributed by atoms with E-state index in [-0.39, 0.29) is 49.1 Å². The zero-order chi connectivity index (χ0) is 20.6. The van der Waals surface area contributed by atoms with Crippen LogP contribution in [0.4, 0.5) is 13.2 Å². The fourth-order valence-corrected chi connectivity index (χ4v) is 2.55. The second-order valence-corrected chi connectivity index (χ2v) is 6.17. The van der Waals surface area contributed by atoms with Gasteiger partial charge in [-0.3, -0.25) is 9.59 Å². The molecule has 0 fully saturated rings. The highest BCUT2D eigenvalue weighted by Gasteiger charge is 2.32. The van der Waals surface area contributed by atoms with E-state index in [0.29, 0.717) is 0 Å². The third-order valence-electron chi connectivity index (χ3n) is 3.90. The number of ether oxygens (including phenoxy) is 1. The molecule has 0 aliphatic rings. The minimum Gasteiger partial charge on any atom is -0.405 e. The van der Waals surface area contributed by atoms with Gasteiger partial charge < -0.3 is 15.0 Å². The Hall–Kier alpha value is -3.03. The van der Waals surface area contributed by atoms with E-state index in [1.807, 2.05) is 30.3 Å². The summed E-state index contributed by atoms with van der Waals surface area (Å²) in [5.41, 5.74) is 1.11. The zero-order valence-corrected chi connectivity index (χ0v) is 15.3. The molecule has 2 amide bonds. The predicted molar refractivity (Wildman–Crippen MR) is 97.4 cm³/mol. The summed E-state index contributed by atoms with van der Waals surface area (Å²) in [6.07, 6.45) is -4.55. The van der Waals surface area contributed by atoms with Crippen molar-refractivity contribution in [3.8, 4) is 5.75 Å². The number of alkyl halides is 3. The number of carbonyl (C=O) groups is 2. The van der Waals surface area contributed by atoms with E-state index in [1.165, 1.54) is 30.1 Å². The van der Waals surface area contributed by atoms with Gasteiger partial charge in [0.25, 0.3) is 0 Å². The van der Waals surface area contributed by atoms with Gasteiger partial charge >= 0.3 is 6.36 Å². The van der Waals surface area contributed by atoms with Crippen LogP contribution in [0.15, 0.2) is 54.6 Å². The first kappa shape index (κ1) is 21.3. The lowest BCUT2D eigenvalue weighted by atomic mass is 10.1. The van der Waals surface area contributed by atoms with E-state index in [4.69, 9.17) is 0 Å². The van der Waals surface area contributed by atoms with Gasteiger partial charge in [-0.15, -0.1) is 13.2 Å².